The first-order valence-corrected chi connectivity index (χ1v) is 15.0. The third-order valence-corrected chi connectivity index (χ3v) is 7.26. The number of carbonyl (C=O) groups is 3. The lowest BCUT2D eigenvalue weighted by molar-refractivity contribution is -0.165. The van der Waals surface area contributed by atoms with Gasteiger partial charge in [-0.05, 0) is 84.1 Å². The molecule has 0 radical (unpaired) electrons. The predicted octanol–water partition coefficient (Wildman–Crippen LogP) is 6.61. The van der Waals surface area contributed by atoms with Crippen LogP contribution in [0.5, 0.6) is 0 Å². The fraction of sp³-hybridized carbons (Fsp3) is 0.559. The van der Waals surface area contributed by atoms with E-state index in [9.17, 15) is 14.4 Å². The second-order valence-electron chi connectivity index (χ2n) is 13.3. The summed E-state index contributed by atoms with van der Waals surface area (Å²) < 4.78 is 29.7. The zero-order valence-corrected chi connectivity index (χ0v) is 26.3. The van der Waals surface area contributed by atoms with Crippen molar-refractivity contribution in [1.82, 2.24) is 4.90 Å². The molecule has 43 heavy (non-hydrogen) atoms. The Balaban J connectivity index is 1.66. The van der Waals surface area contributed by atoms with Crippen LogP contribution >= 0.6 is 0 Å². The van der Waals surface area contributed by atoms with E-state index in [0.717, 1.165) is 29.2 Å². The highest BCUT2D eigenvalue weighted by molar-refractivity contribution is 5.94. The van der Waals surface area contributed by atoms with Crippen LogP contribution in [0.3, 0.4) is 0 Å². The molecule has 1 fully saturated rings. The van der Waals surface area contributed by atoms with Crippen molar-refractivity contribution in [1.29, 1.82) is 0 Å². The van der Waals surface area contributed by atoms with E-state index in [4.69, 9.17) is 23.7 Å². The maximum absolute atomic E-state index is 13.7. The lowest BCUT2D eigenvalue weighted by Gasteiger charge is -2.33. The fourth-order valence-corrected chi connectivity index (χ4v) is 5.41. The molecule has 1 heterocycles. The average molecular weight is 596 g/mol. The number of imide groups is 1. The van der Waals surface area contributed by atoms with Crippen LogP contribution in [0.1, 0.15) is 66.9 Å². The summed E-state index contributed by atoms with van der Waals surface area (Å²) in [6, 6.07) is 13.0. The van der Waals surface area contributed by atoms with Gasteiger partial charge in [0.2, 0.25) is 0 Å². The molecule has 1 aliphatic heterocycles. The quantitative estimate of drug-likeness (QED) is 0.216. The van der Waals surface area contributed by atoms with E-state index < -0.39 is 47.6 Å². The van der Waals surface area contributed by atoms with Crippen molar-refractivity contribution >= 4 is 28.9 Å². The molecular formula is C34H45NO8. The molecule has 5 atom stereocenters. The molecule has 2 aliphatic rings. The first kappa shape index (κ1) is 32.5. The molecule has 5 unspecified atom stereocenters. The Morgan fingerprint density at radius 1 is 0.930 bits per heavy atom. The van der Waals surface area contributed by atoms with E-state index in [0.29, 0.717) is 11.3 Å². The van der Waals surface area contributed by atoms with Gasteiger partial charge in [0, 0.05) is 5.92 Å². The molecule has 0 spiro atoms. The molecule has 1 aliphatic carbocycles. The monoisotopic (exact) mass is 595 g/mol. The molecule has 0 bridgehead atoms. The van der Waals surface area contributed by atoms with E-state index in [1.807, 2.05) is 24.3 Å². The first-order chi connectivity index (χ1) is 20.2. The van der Waals surface area contributed by atoms with Gasteiger partial charge in [-0.25, -0.2) is 14.4 Å². The minimum atomic E-state index is -1.42. The number of cyclic esters (lactones) is 1. The second kappa shape index (κ2) is 13.5. The van der Waals surface area contributed by atoms with Crippen molar-refractivity contribution in [3.63, 3.8) is 0 Å². The third-order valence-electron chi connectivity index (χ3n) is 7.26. The summed E-state index contributed by atoms with van der Waals surface area (Å²) >= 11 is 0. The molecule has 2 amide bonds. The number of amides is 2. The van der Waals surface area contributed by atoms with Crippen molar-refractivity contribution in [3.8, 4) is 0 Å². The van der Waals surface area contributed by atoms with Crippen LogP contribution in [0.15, 0.2) is 54.6 Å². The number of hydrogen-bond acceptors (Lipinski definition) is 8. The zero-order valence-electron chi connectivity index (χ0n) is 26.3. The number of allylic oxidation sites excluding steroid dienone is 1. The van der Waals surface area contributed by atoms with Gasteiger partial charge in [-0.15, -0.1) is 0 Å². The molecular weight excluding hydrogens is 550 g/mol. The lowest BCUT2D eigenvalue weighted by Crippen LogP contribution is -2.54. The Morgan fingerprint density at radius 3 is 2.21 bits per heavy atom. The van der Waals surface area contributed by atoms with Gasteiger partial charge in [-0.3, -0.25) is 0 Å². The molecule has 2 aromatic carbocycles. The van der Waals surface area contributed by atoms with Crippen LogP contribution in [0.25, 0.3) is 10.8 Å². The molecule has 0 aromatic heterocycles. The molecule has 0 N–H and O–H groups in total. The van der Waals surface area contributed by atoms with E-state index in [-0.39, 0.29) is 25.2 Å². The molecule has 9 nitrogen and oxygen atoms in total. The molecule has 2 aromatic rings. The summed E-state index contributed by atoms with van der Waals surface area (Å²) in [7, 11) is 0. The van der Waals surface area contributed by atoms with E-state index >= 15 is 0 Å². The topological polar surface area (TPSA) is 101 Å². The van der Waals surface area contributed by atoms with Crippen molar-refractivity contribution in [2.75, 3.05) is 13.2 Å². The molecule has 1 saturated heterocycles. The highest BCUT2D eigenvalue weighted by Gasteiger charge is 2.44. The van der Waals surface area contributed by atoms with Crippen LogP contribution in [0.2, 0.25) is 0 Å². The van der Waals surface area contributed by atoms with Crippen LogP contribution in [0.4, 0.5) is 9.59 Å². The van der Waals surface area contributed by atoms with Crippen LogP contribution in [-0.4, -0.2) is 71.8 Å². The first-order valence-electron chi connectivity index (χ1n) is 15.0. The molecule has 4 rings (SSSR count). The Hall–Kier alpha value is -3.43. The van der Waals surface area contributed by atoms with Gasteiger partial charge in [0.15, 0.2) is 6.04 Å². The standard InChI is InChI=1S/C34H45NO8/c1-22-29(41-26-16-9-10-17-26)25(19-24-15-12-14-23-13-8-11-18-27(23)24)20-39-21-28(30(36)40-22)35(31(37)42-33(2,3)4)32(38)43-34(5,6)7/h8-9,11-16,18,22,25-26,28-29H,10,17,19-21H2,1-7H3. The summed E-state index contributed by atoms with van der Waals surface area (Å²) in [5.74, 6) is -0.997. The lowest BCUT2D eigenvalue weighted by atomic mass is 9.89. The normalized spacial score (nSPS) is 24.9. The van der Waals surface area contributed by atoms with E-state index in [1.54, 1.807) is 48.5 Å². The number of rotatable bonds is 5. The van der Waals surface area contributed by atoms with Gasteiger partial charge in [-0.2, -0.15) is 4.90 Å². The summed E-state index contributed by atoms with van der Waals surface area (Å²) in [6.45, 7) is 11.8. The van der Waals surface area contributed by atoms with E-state index in [2.05, 4.69) is 30.3 Å². The number of benzene rings is 2. The summed E-state index contributed by atoms with van der Waals surface area (Å²) in [6.07, 6.45) is 3.12. The average Bonchev–Trinajstić information content (AvgIpc) is 3.42. The van der Waals surface area contributed by atoms with Crippen molar-refractivity contribution < 1.29 is 38.1 Å². The SMILES string of the molecule is CC1OC(=O)C(N(C(=O)OC(C)(C)C)C(=O)OC(C)(C)C)COCC(Cc2cccc3ccccc23)C1OC1C=CCC1. The van der Waals surface area contributed by atoms with Gasteiger partial charge >= 0.3 is 18.2 Å². The second-order valence-corrected chi connectivity index (χ2v) is 13.3. The molecule has 234 valence electrons. The Labute approximate surface area is 254 Å². The fourth-order valence-electron chi connectivity index (χ4n) is 5.41. The number of ether oxygens (including phenoxy) is 5. The molecule has 9 heteroatoms. The summed E-state index contributed by atoms with van der Waals surface area (Å²) in [5.41, 5.74) is -0.725. The van der Waals surface area contributed by atoms with Crippen LogP contribution < -0.4 is 0 Å². The third kappa shape index (κ3) is 8.80. The van der Waals surface area contributed by atoms with E-state index in [1.165, 1.54) is 0 Å². The smallest absolute Gasteiger partial charge is 0.420 e. The highest BCUT2D eigenvalue weighted by Crippen LogP contribution is 2.30. The predicted molar refractivity (Wildman–Crippen MR) is 163 cm³/mol. The maximum atomic E-state index is 13.7. The number of carbonyl (C=O) groups excluding carboxylic acids is 3. The minimum absolute atomic E-state index is 0.113. The van der Waals surface area contributed by atoms with Gasteiger partial charge in [-0.1, -0.05) is 54.6 Å². The summed E-state index contributed by atoms with van der Waals surface area (Å²) in [5, 5.41) is 2.26. The maximum Gasteiger partial charge on any atom is 0.420 e. The number of nitrogens with zero attached hydrogens (tertiary/aromatic N) is 1. The van der Waals surface area contributed by atoms with Crippen molar-refractivity contribution in [3.05, 3.63) is 60.2 Å². The van der Waals surface area contributed by atoms with Crippen molar-refractivity contribution in [2.45, 2.75) is 103 Å². The van der Waals surface area contributed by atoms with Gasteiger partial charge in [0.1, 0.15) is 23.4 Å². The number of fused-ring (bicyclic) bond motifs is 1. The van der Waals surface area contributed by atoms with Gasteiger partial charge in [0.05, 0.1) is 19.3 Å². The largest absolute Gasteiger partial charge is 0.458 e. The van der Waals surface area contributed by atoms with Crippen LogP contribution in [0, 0.1) is 5.92 Å². The Morgan fingerprint density at radius 2 is 1.58 bits per heavy atom. The molecule has 0 saturated carbocycles. The highest BCUT2D eigenvalue weighted by atomic mass is 16.6. The van der Waals surface area contributed by atoms with Gasteiger partial charge in [0.25, 0.3) is 0 Å². The Kier molecular flexibility index (Phi) is 10.2. The van der Waals surface area contributed by atoms with Crippen LogP contribution in [-0.2, 0) is 34.9 Å². The Bertz CT molecular complexity index is 1290. The van der Waals surface area contributed by atoms with Gasteiger partial charge < -0.3 is 23.7 Å². The zero-order chi connectivity index (χ0) is 31.4. The number of hydrogen-bond donors (Lipinski definition) is 0. The van der Waals surface area contributed by atoms with Crippen molar-refractivity contribution in [2.24, 2.45) is 5.92 Å². The summed E-state index contributed by atoms with van der Waals surface area (Å²) in [4.78, 5) is 41.0. The number of esters is 1. The minimum Gasteiger partial charge on any atom is -0.458 e.